The van der Waals surface area contributed by atoms with Gasteiger partial charge in [-0.2, -0.15) is 0 Å². The van der Waals surface area contributed by atoms with Crippen LogP contribution in [-0.4, -0.2) is 48.5 Å². The van der Waals surface area contributed by atoms with E-state index in [0.717, 1.165) is 66.0 Å². The normalized spacial score (nSPS) is 14.9. The number of anilines is 1. The highest BCUT2D eigenvalue weighted by atomic mass is 32.1. The number of carbonyl (C=O) groups is 1. The van der Waals surface area contributed by atoms with Gasteiger partial charge in [-0.15, -0.1) is 0 Å². The Kier molecular flexibility index (Phi) is 7.76. The lowest BCUT2D eigenvalue weighted by Crippen LogP contribution is -2.32. The summed E-state index contributed by atoms with van der Waals surface area (Å²) in [6.07, 6.45) is 3.39. The number of hydrogen-bond acceptors (Lipinski definition) is 5. The van der Waals surface area contributed by atoms with Gasteiger partial charge in [-0.25, -0.2) is 4.98 Å². The molecule has 0 spiro atoms. The summed E-state index contributed by atoms with van der Waals surface area (Å²) in [6, 6.07) is 16.4. The van der Waals surface area contributed by atoms with Crippen LogP contribution >= 0.6 is 11.3 Å². The molecule has 32 heavy (non-hydrogen) atoms. The maximum Gasteiger partial charge on any atom is 0.251 e. The van der Waals surface area contributed by atoms with Crippen LogP contribution in [0.3, 0.4) is 0 Å². The molecule has 170 valence electrons. The van der Waals surface area contributed by atoms with E-state index in [9.17, 15) is 4.79 Å². The Bertz CT molecular complexity index is 1010. The van der Waals surface area contributed by atoms with Crippen LogP contribution in [0, 0.1) is 5.92 Å². The first-order valence-electron chi connectivity index (χ1n) is 11.8. The third-order valence-electron chi connectivity index (χ3n) is 6.33. The van der Waals surface area contributed by atoms with Crippen LogP contribution in [0.5, 0.6) is 0 Å². The van der Waals surface area contributed by atoms with E-state index < -0.39 is 0 Å². The van der Waals surface area contributed by atoms with Crippen molar-refractivity contribution in [3.05, 3.63) is 59.7 Å². The summed E-state index contributed by atoms with van der Waals surface area (Å²) in [5, 5.41) is 4.18. The SMILES string of the molecule is CCN(CCCNC(=O)c1ccc2nc(N3CCC(C)CC3)sc2c1)Cc1ccccc1. The second kappa shape index (κ2) is 10.9. The fourth-order valence-electron chi connectivity index (χ4n) is 4.19. The highest BCUT2D eigenvalue weighted by Crippen LogP contribution is 2.32. The Hall–Kier alpha value is -2.44. The zero-order valence-corrected chi connectivity index (χ0v) is 20.0. The van der Waals surface area contributed by atoms with Gasteiger partial charge in [0.05, 0.1) is 10.2 Å². The van der Waals surface area contributed by atoms with Gasteiger partial charge in [-0.1, -0.05) is 55.5 Å². The van der Waals surface area contributed by atoms with Gasteiger partial charge in [0.2, 0.25) is 0 Å². The average Bonchev–Trinajstić information content (AvgIpc) is 3.25. The Morgan fingerprint density at radius 3 is 2.72 bits per heavy atom. The van der Waals surface area contributed by atoms with E-state index in [1.807, 2.05) is 24.3 Å². The molecule has 1 aliphatic heterocycles. The predicted molar refractivity (Wildman–Crippen MR) is 135 cm³/mol. The quantitative estimate of drug-likeness (QED) is 0.457. The maximum absolute atomic E-state index is 12.7. The number of fused-ring (bicyclic) bond motifs is 1. The molecule has 1 saturated heterocycles. The molecular weight excluding hydrogens is 416 g/mol. The molecule has 2 aromatic carbocycles. The fraction of sp³-hybridized carbons (Fsp3) is 0.462. The zero-order valence-electron chi connectivity index (χ0n) is 19.2. The largest absolute Gasteiger partial charge is 0.352 e. The maximum atomic E-state index is 12.7. The standard InChI is InChI=1S/C26H34N4OS/c1-3-29(19-21-8-5-4-6-9-21)15-7-14-27-25(31)22-10-11-23-24(18-22)32-26(28-23)30-16-12-20(2)13-17-30/h4-6,8-11,18,20H,3,7,12-17,19H2,1-2H3,(H,27,31). The molecule has 5 nitrogen and oxygen atoms in total. The van der Waals surface area contributed by atoms with E-state index in [2.05, 4.69) is 53.2 Å². The minimum absolute atomic E-state index is 0.000227. The number of thiazole rings is 1. The van der Waals surface area contributed by atoms with Gasteiger partial charge in [0.1, 0.15) is 0 Å². The summed E-state index contributed by atoms with van der Waals surface area (Å²) in [5.74, 6) is 0.804. The molecule has 1 N–H and O–H groups in total. The summed E-state index contributed by atoms with van der Waals surface area (Å²) in [4.78, 5) is 22.3. The highest BCUT2D eigenvalue weighted by molar-refractivity contribution is 7.22. The van der Waals surface area contributed by atoms with Crippen LogP contribution in [0.1, 0.15) is 49.0 Å². The number of benzene rings is 2. The second-order valence-electron chi connectivity index (χ2n) is 8.81. The number of hydrogen-bond donors (Lipinski definition) is 1. The van der Waals surface area contributed by atoms with Crippen molar-refractivity contribution < 1.29 is 4.79 Å². The topological polar surface area (TPSA) is 48.5 Å². The van der Waals surface area contributed by atoms with Crippen LogP contribution in [-0.2, 0) is 6.54 Å². The first-order chi connectivity index (χ1) is 15.6. The molecule has 0 aliphatic carbocycles. The number of aromatic nitrogens is 1. The van der Waals surface area contributed by atoms with Crippen molar-refractivity contribution in [3.63, 3.8) is 0 Å². The second-order valence-corrected chi connectivity index (χ2v) is 9.82. The molecule has 1 aliphatic rings. The van der Waals surface area contributed by atoms with Crippen molar-refractivity contribution in [2.75, 3.05) is 37.6 Å². The lowest BCUT2D eigenvalue weighted by molar-refractivity contribution is 0.0951. The van der Waals surface area contributed by atoms with E-state index >= 15 is 0 Å². The van der Waals surface area contributed by atoms with Crippen molar-refractivity contribution in [2.24, 2.45) is 5.92 Å². The summed E-state index contributed by atoms with van der Waals surface area (Å²) in [7, 11) is 0. The first-order valence-corrected chi connectivity index (χ1v) is 12.6. The molecule has 3 aromatic rings. The summed E-state index contributed by atoms with van der Waals surface area (Å²) in [5.41, 5.74) is 3.03. The van der Waals surface area contributed by atoms with Gasteiger partial charge in [-0.3, -0.25) is 9.69 Å². The summed E-state index contributed by atoms with van der Waals surface area (Å²) < 4.78 is 1.09. The molecule has 1 fully saturated rings. The van der Waals surface area contributed by atoms with Crippen molar-refractivity contribution in [1.29, 1.82) is 0 Å². The van der Waals surface area contributed by atoms with Gasteiger partial charge in [-0.05, 0) is 55.5 Å². The number of nitrogens with zero attached hydrogens (tertiary/aromatic N) is 3. The van der Waals surface area contributed by atoms with E-state index in [-0.39, 0.29) is 5.91 Å². The average molecular weight is 451 g/mol. The van der Waals surface area contributed by atoms with Crippen LogP contribution in [0.2, 0.25) is 0 Å². The third-order valence-corrected chi connectivity index (χ3v) is 7.41. The third kappa shape index (κ3) is 5.87. The highest BCUT2D eigenvalue weighted by Gasteiger charge is 2.19. The lowest BCUT2D eigenvalue weighted by Gasteiger charge is -2.29. The zero-order chi connectivity index (χ0) is 22.3. The smallest absolute Gasteiger partial charge is 0.251 e. The Balaban J connectivity index is 1.28. The summed E-state index contributed by atoms with van der Waals surface area (Å²) >= 11 is 1.70. The Labute approximate surface area is 195 Å². The molecule has 0 atom stereocenters. The minimum atomic E-state index is -0.000227. The molecular formula is C26H34N4OS. The van der Waals surface area contributed by atoms with Crippen molar-refractivity contribution in [3.8, 4) is 0 Å². The van der Waals surface area contributed by atoms with Gasteiger partial charge in [0, 0.05) is 38.3 Å². The first kappa shape index (κ1) is 22.7. The molecule has 6 heteroatoms. The number of carbonyl (C=O) groups excluding carboxylic acids is 1. The van der Waals surface area contributed by atoms with E-state index in [1.54, 1.807) is 11.3 Å². The van der Waals surface area contributed by atoms with E-state index in [0.29, 0.717) is 6.54 Å². The van der Waals surface area contributed by atoms with E-state index in [4.69, 9.17) is 4.98 Å². The van der Waals surface area contributed by atoms with Gasteiger partial charge in [0.25, 0.3) is 5.91 Å². The Morgan fingerprint density at radius 1 is 1.19 bits per heavy atom. The predicted octanol–water partition coefficient (Wildman–Crippen LogP) is 5.17. The monoisotopic (exact) mass is 450 g/mol. The van der Waals surface area contributed by atoms with Crippen molar-refractivity contribution >= 4 is 32.6 Å². The van der Waals surface area contributed by atoms with Crippen molar-refractivity contribution in [1.82, 2.24) is 15.2 Å². The number of piperidine rings is 1. The van der Waals surface area contributed by atoms with E-state index in [1.165, 1.54) is 18.4 Å². The molecule has 1 aromatic heterocycles. The molecule has 0 unspecified atom stereocenters. The van der Waals surface area contributed by atoms with Gasteiger partial charge in [0.15, 0.2) is 5.13 Å². The number of nitrogens with one attached hydrogen (secondary N) is 1. The van der Waals surface area contributed by atoms with Crippen LogP contribution in [0.4, 0.5) is 5.13 Å². The van der Waals surface area contributed by atoms with Crippen LogP contribution in [0.15, 0.2) is 48.5 Å². The van der Waals surface area contributed by atoms with Crippen LogP contribution < -0.4 is 10.2 Å². The molecule has 4 rings (SSSR count). The van der Waals surface area contributed by atoms with Crippen LogP contribution in [0.25, 0.3) is 10.2 Å². The molecule has 0 radical (unpaired) electrons. The van der Waals surface area contributed by atoms with Crippen molar-refractivity contribution in [2.45, 2.75) is 39.7 Å². The fourth-order valence-corrected chi connectivity index (χ4v) is 5.24. The molecule has 1 amide bonds. The van der Waals surface area contributed by atoms with Gasteiger partial charge >= 0.3 is 0 Å². The minimum Gasteiger partial charge on any atom is -0.352 e. The molecule has 2 heterocycles. The summed E-state index contributed by atoms with van der Waals surface area (Å²) in [6.45, 7) is 10.3. The van der Waals surface area contributed by atoms with Gasteiger partial charge < -0.3 is 10.2 Å². The molecule has 0 saturated carbocycles. The number of rotatable bonds is 9. The number of amides is 1. The lowest BCUT2D eigenvalue weighted by atomic mass is 10.00. The Morgan fingerprint density at radius 2 is 1.97 bits per heavy atom. The molecule has 0 bridgehead atoms.